The van der Waals surface area contributed by atoms with Gasteiger partial charge in [-0.2, -0.15) is 5.10 Å². The third kappa shape index (κ3) is 3.91. The van der Waals surface area contributed by atoms with Gasteiger partial charge in [0, 0.05) is 51.5 Å². The third-order valence-electron chi connectivity index (χ3n) is 5.10. The van der Waals surface area contributed by atoms with Gasteiger partial charge >= 0.3 is 0 Å². The molecule has 0 unspecified atom stereocenters. The molecule has 2 heterocycles. The zero-order chi connectivity index (χ0) is 20.3. The maximum absolute atomic E-state index is 13.1. The number of benzene rings is 1. The van der Waals surface area contributed by atoms with Crippen molar-refractivity contribution < 1.29 is 19.0 Å². The van der Waals surface area contributed by atoms with E-state index in [0.717, 1.165) is 25.3 Å². The molecular formula is C20H28N4O4. The van der Waals surface area contributed by atoms with E-state index in [9.17, 15) is 4.79 Å². The second-order valence-corrected chi connectivity index (χ2v) is 6.86. The molecule has 28 heavy (non-hydrogen) atoms. The van der Waals surface area contributed by atoms with Crippen LogP contribution in [0.25, 0.3) is 0 Å². The lowest BCUT2D eigenvalue weighted by Crippen LogP contribution is -2.48. The monoisotopic (exact) mass is 388 g/mol. The quantitative estimate of drug-likeness (QED) is 0.751. The summed E-state index contributed by atoms with van der Waals surface area (Å²) in [5.41, 5.74) is 2.76. The molecule has 2 aromatic rings. The number of amides is 1. The number of aryl methyl sites for hydroxylation is 2. The predicted octanol–water partition coefficient (Wildman–Crippen LogP) is 1.71. The number of nitrogens with zero attached hydrogens (tertiary/aromatic N) is 4. The summed E-state index contributed by atoms with van der Waals surface area (Å²) in [4.78, 5) is 17.3. The summed E-state index contributed by atoms with van der Waals surface area (Å²) in [6.45, 7) is 5.83. The van der Waals surface area contributed by atoms with E-state index in [0.29, 0.717) is 35.9 Å². The number of methoxy groups -OCH3 is 3. The highest BCUT2D eigenvalue weighted by atomic mass is 16.5. The first kappa shape index (κ1) is 20.0. The van der Waals surface area contributed by atoms with Gasteiger partial charge in [-0.3, -0.25) is 14.4 Å². The van der Waals surface area contributed by atoms with E-state index in [1.807, 2.05) is 23.6 Å². The molecule has 0 spiro atoms. The largest absolute Gasteiger partial charge is 0.493 e. The van der Waals surface area contributed by atoms with Crippen LogP contribution in [-0.4, -0.2) is 73.0 Å². The molecule has 0 atom stereocenters. The van der Waals surface area contributed by atoms with Gasteiger partial charge in [0.25, 0.3) is 5.91 Å². The van der Waals surface area contributed by atoms with Crippen LogP contribution in [0.5, 0.6) is 17.2 Å². The summed E-state index contributed by atoms with van der Waals surface area (Å²) >= 11 is 0. The minimum atomic E-state index is -0.0602. The molecule has 0 radical (unpaired) electrons. The Labute approximate surface area is 165 Å². The van der Waals surface area contributed by atoms with E-state index in [2.05, 4.69) is 16.2 Å². The van der Waals surface area contributed by atoms with E-state index in [4.69, 9.17) is 14.2 Å². The van der Waals surface area contributed by atoms with Crippen LogP contribution >= 0.6 is 0 Å². The smallest absolute Gasteiger partial charge is 0.257 e. The number of piperazine rings is 1. The highest BCUT2D eigenvalue weighted by Gasteiger charge is 2.27. The zero-order valence-corrected chi connectivity index (χ0v) is 17.2. The Morgan fingerprint density at radius 3 is 2.25 bits per heavy atom. The van der Waals surface area contributed by atoms with Crippen molar-refractivity contribution in [3.8, 4) is 17.2 Å². The van der Waals surface area contributed by atoms with Gasteiger partial charge in [0.2, 0.25) is 5.75 Å². The van der Waals surface area contributed by atoms with E-state index in [-0.39, 0.29) is 5.91 Å². The van der Waals surface area contributed by atoms with Gasteiger partial charge in [-0.1, -0.05) is 0 Å². The normalized spacial score (nSPS) is 14.8. The molecule has 152 valence electrons. The van der Waals surface area contributed by atoms with Gasteiger partial charge < -0.3 is 19.1 Å². The Hall–Kier alpha value is -2.74. The highest BCUT2D eigenvalue weighted by molar-refractivity contribution is 5.98. The number of hydrogen-bond acceptors (Lipinski definition) is 6. The average Bonchev–Trinajstić information content (AvgIpc) is 3.03. The minimum Gasteiger partial charge on any atom is -0.493 e. The van der Waals surface area contributed by atoms with Crippen LogP contribution in [0.2, 0.25) is 0 Å². The Kier molecular flexibility index (Phi) is 6.08. The highest BCUT2D eigenvalue weighted by Crippen LogP contribution is 2.40. The van der Waals surface area contributed by atoms with Crippen LogP contribution in [0.4, 0.5) is 0 Å². The summed E-state index contributed by atoms with van der Waals surface area (Å²) in [6, 6.07) is 3.46. The molecular weight excluding hydrogens is 360 g/mol. The number of carbonyl (C=O) groups excluding carboxylic acids is 1. The van der Waals surface area contributed by atoms with Crippen LogP contribution in [0, 0.1) is 6.92 Å². The van der Waals surface area contributed by atoms with Crippen molar-refractivity contribution in [1.82, 2.24) is 19.6 Å². The number of aromatic nitrogens is 2. The minimum absolute atomic E-state index is 0.0602. The first-order valence-corrected chi connectivity index (χ1v) is 9.28. The van der Waals surface area contributed by atoms with Crippen LogP contribution < -0.4 is 14.2 Å². The Morgan fingerprint density at radius 1 is 1.04 bits per heavy atom. The molecule has 0 saturated carbocycles. The maximum atomic E-state index is 13.1. The topological polar surface area (TPSA) is 69.1 Å². The number of ether oxygens (including phenoxy) is 3. The van der Waals surface area contributed by atoms with Gasteiger partial charge in [-0.15, -0.1) is 0 Å². The van der Waals surface area contributed by atoms with Crippen molar-refractivity contribution in [3.63, 3.8) is 0 Å². The Balaban J connectivity index is 1.69. The number of hydrogen-bond donors (Lipinski definition) is 0. The maximum Gasteiger partial charge on any atom is 0.257 e. The van der Waals surface area contributed by atoms with Gasteiger partial charge in [-0.25, -0.2) is 0 Å². The summed E-state index contributed by atoms with van der Waals surface area (Å²) in [5, 5.41) is 4.40. The van der Waals surface area contributed by atoms with E-state index < -0.39 is 0 Å². The third-order valence-corrected chi connectivity index (χ3v) is 5.10. The molecule has 8 nitrogen and oxygen atoms in total. The first-order chi connectivity index (χ1) is 13.5. The van der Waals surface area contributed by atoms with Crippen LogP contribution in [0.1, 0.15) is 21.6 Å². The van der Waals surface area contributed by atoms with Crippen molar-refractivity contribution in [2.24, 2.45) is 7.05 Å². The molecule has 0 N–H and O–H groups in total. The summed E-state index contributed by atoms with van der Waals surface area (Å²) in [6.07, 6.45) is 2.06. The Bertz CT molecular complexity index is 841. The predicted molar refractivity (Wildman–Crippen MR) is 105 cm³/mol. The lowest BCUT2D eigenvalue weighted by molar-refractivity contribution is 0.0624. The number of rotatable bonds is 6. The lowest BCUT2D eigenvalue weighted by Gasteiger charge is -2.35. The first-order valence-electron chi connectivity index (χ1n) is 9.28. The average molecular weight is 388 g/mol. The molecule has 1 aliphatic rings. The van der Waals surface area contributed by atoms with Gasteiger partial charge in [0.05, 0.1) is 32.6 Å². The molecule has 3 rings (SSSR count). The van der Waals surface area contributed by atoms with Gasteiger partial charge in [-0.05, 0) is 19.1 Å². The second-order valence-electron chi connectivity index (χ2n) is 6.86. The molecule has 1 aromatic heterocycles. The lowest BCUT2D eigenvalue weighted by atomic mass is 10.1. The molecule has 0 aliphatic carbocycles. The van der Waals surface area contributed by atoms with E-state index in [1.54, 1.807) is 19.2 Å². The standard InChI is InChI=1S/C20H28N4O4/c1-14-15(12-22(2)21-14)13-23-8-10-24(11-9-23)20(25)16-6-7-17(26-3)19(28-5)18(16)27-4/h6-7,12H,8-11,13H2,1-5H3. The molecule has 0 bridgehead atoms. The zero-order valence-electron chi connectivity index (χ0n) is 17.2. The summed E-state index contributed by atoms with van der Waals surface area (Å²) in [7, 11) is 6.56. The SMILES string of the molecule is COc1ccc(C(=O)N2CCN(Cc3cn(C)nc3C)CC2)c(OC)c1OC. The van der Waals surface area contributed by atoms with Crippen molar-refractivity contribution in [2.45, 2.75) is 13.5 Å². The molecule has 8 heteroatoms. The van der Waals surface area contributed by atoms with Crippen molar-refractivity contribution >= 4 is 5.91 Å². The van der Waals surface area contributed by atoms with Crippen LogP contribution in [-0.2, 0) is 13.6 Å². The summed E-state index contributed by atoms with van der Waals surface area (Å²) < 4.78 is 18.0. The fraction of sp³-hybridized carbons (Fsp3) is 0.500. The molecule has 1 aromatic carbocycles. The number of carbonyl (C=O) groups is 1. The van der Waals surface area contributed by atoms with Crippen LogP contribution in [0.15, 0.2) is 18.3 Å². The fourth-order valence-electron chi connectivity index (χ4n) is 3.59. The van der Waals surface area contributed by atoms with E-state index >= 15 is 0 Å². The van der Waals surface area contributed by atoms with Crippen molar-refractivity contribution in [2.75, 3.05) is 47.5 Å². The molecule has 1 saturated heterocycles. The second kappa shape index (κ2) is 8.52. The Morgan fingerprint density at radius 2 is 1.71 bits per heavy atom. The van der Waals surface area contributed by atoms with Crippen molar-refractivity contribution in [1.29, 1.82) is 0 Å². The van der Waals surface area contributed by atoms with Crippen LogP contribution in [0.3, 0.4) is 0 Å². The van der Waals surface area contributed by atoms with Gasteiger partial charge in [0.1, 0.15) is 0 Å². The van der Waals surface area contributed by atoms with Gasteiger partial charge in [0.15, 0.2) is 11.5 Å². The molecule has 1 aliphatic heterocycles. The van der Waals surface area contributed by atoms with Crippen molar-refractivity contribution in [3.05, 3.63) is 35.2 Å². The fourth-order valence-corrected chi connectivity index (χ4v) is 3.59. The van der Waals surface area contributed by atoms with E-state index in [1.165, 1.54) is 19.8 Å². The summed E-state index contributed by atoms with van der Waals surface area (Å²) in [5.74, 6) is 1.31. The molecule has 1 fully saturated rings. The molecule has 1 amide bonds.